The van der Waals surface area contributed by atoms with Gasteiger partial charge in [0.05, 0.1) is 16.8 Å². The van der Waals surface area contributed by atoms with Crippen LogP contribution in [-0.4, -0.2) is 29.2 Å². The maximum Gasteiger partial charge on any atom is 0.494 e. The molecule has 2 heterocycles. The largest absolute Gasteiger partial charge is 0.494 e. The number of hydrogen-bond donors (Lipinski definition) is 1. The molecule has 0 unspecified atom stereocenters. The Hall–Kier alpha value is -2.39. The van der Waals surface area contributed by atoms with Gasteiger partial charge in [-0.3, -0.25) is 4.79 Å². The first-order valence-electron chi connectivity index (χ1n) is 8.70. The highest BCUT2D eigenvalue weighted by Gasteiger charge is 2.51. The van der Waals surface area contributed by atoms with Gasteiger partial charge in [0.2, 0.25) is 0 Å². The lowest BCUT2D eigenvalue weighted by Gasteiger charge is -2.32. The van der Waals surface area contributed by atoms with Crippen molar-refractivity contribution < 1.29 is 27.3 Å². The molecule has 0 bridgehead atoms. The van der Waals surface area contributed by atoms with Crippen LogP contribution >= 0.6 is 0 Å². The molecule has 1 amide bonds. The minimum absolute atomic E-state index is 0.194. The Morgan fingerprint density at radius 2 is 1.61 bits per heavy atom. The summed E-state index contributed by atoms with van der Waals surface area (Å²) in [5, 5.41) is 2.22. The van der Waals surface area contributed by atoms with Gasteiger partial charge < -0.3 is 14.6 Å². The smallest absolute Gasteiger partial charge is 0.399 e. The van der Waals surface area contributed by atoms with Crippen molar-refractivity contribution in [2.75, 3.05) is 5.32 Å². The number of rotatable bonds is 3. The fourth-order valence-electron chi connectivity index (χ4n) is 2.68. The molecule has 0 atom stereocenters. The number of carbonyl (C=O) groups is 1. The molecule has 0 spiro atoms. The lowest BCUT2D eigenvalue weighted by atomic mass is 9.79. The number of aromatic nitrogens is 1. The molecule has 1 aromatic carbocycles. The molecule has 5 nitrogen and oxygen atoms in total. The summed E-state index contributed by atoms with van der Waals surface area (Å²) in [7, 11) is -0.588. The lowest BCUT2D eigenvalue weighted by molar-refractivity contribution is -0.137. The normalized spacial score (nSPS) is 18.2. The molecular formula is C19H20BF3N2O3. The van der Waals surface area contributed by atoms with Crippen LogP contribution in [0, 0.1) is 0 Å². The SMILES string of the molecule is CC1(C)OB(c2ccc(C(=O)Nc3ncccc3C(F)(F)F)cc2)OC1(C)C. The average molecular weight is 392 g/mol. The number of amides is 1. The fourth-order valence-corrected chi connectivity index (χ4v) is 2.68. The summed E-state index contributed by atoms with van der Waals surface area (Å²) >= 11 is 0. The molecule has 0 saturated carbocycles. The molecule has 2 aromatic rings. The van der Waals surface area contributed by atoms with Gasteiger partial charge in [-0.1, -0.05) is 12.1 Å². The van der Waals surface area contributed by atoms with Crippen LogP contribution < -0.4 is 10.8 Å². The van der Waals surface area contributed by atoms with Gasteiger partial charge in [-0.25, -0.2) is 4.98 Å². The van der Waals surface area contributed by atoms with Crippen LogP contribution in [0.15, 0.2) is 42.6 Å². The summed E-state index contributed by atoms with van der Waals surface area (Å²) in [6, 6.07) is 8.35. The molecule has 28 heavy (non-hydrogen) atoms. The Kier molecular flexibility index (Phi) is 5.01. The first kappa shape index (κ1) is 20.4. The van der Waals surface area contributed by atoms with E-state index in [9.17, 15) is 18.0 Å². The summed E-state index contributed by atoms with van der Waals surface area (Å²) in [5.41, 5.74) is -1.10. The van der Waals surface area contributed by atoms with E-state index in [2.05, 4.69) is 10.3 Å². The Labute approximate surface area is 161 Å². The monoisotopic (exact) mass is 392 g/mol. The van der Waals surface area contributed by atoms with E-state index in [1.165, 1.54) is 18.3 Å². The Morgan fingerprint density at radius 3 is 2.14 bits per heavy atom. The van der Waals surface area contributed by atoms with Gasteiger partial charge in [-0.2, -0.15) is 13.2 Å². The molecule has 3 rings (SSSR count). The topological polar surface area (TPSA) is 60.5 Å². The molecule has 1 aromatic heterocycles. The van der Waals surface area contributed by atoms with Gasteiger partial charge in [0.15, 0.2) is 0 Å². The molecule has 0 aliphatic carbocycles. The third-order valence-corrected chi connectivity index (χ3v) is 5.04. The summed E-state index contributed by atoms with van der Waals surface area (Å²) in [6.07, 6.45) is -3.43. The maximum absolute atomic E-state index is 13.0. The van der Waals surface area contributed by atoms with Crippen molar-refractivity contribution in [1.82, 2.24) is 4.98 Å². The van der Waals surface area contributed by atoms with Gasteiger partial charge in [-0.05, 0) is 57.4 Å². The highest BCUT2D eigenvalue weighted by molar-refractivity contribution is 6.62. The number of benzene rings is 1. The van der Waals surface area contributed by atoms with Gasteiger partial charge in [0.1, 0.15) is 5.82 Å². The number of nitrogens with zero attached hydrogens (tertiary/aromatic N) is 1. The van der Waals surface area contributed by atoms with E-state index in [0.29, 0.717) is 5.46 Å². The van der Waals surface area contributed by atoms with E-state index in [-0.39, 0.29) is 5.56 Å². The molecule has 9 heteroatoms. The van der Waals surface area contributed by atoms with Crippen LogP contribution in [0.1, 0.15) is 43.6 Å². The highest BCUT2D eigenvalue weighted by atomic mass is 19.4. The number of anilines is 1. The van der Waals surface area contributed by atoms with Crippen molar-refractivity contribution in [2.24, 2.45) is 0 Å². The van der Waals surface area contributed by atoms with Gasteiger partial charge in [0, 0.05) is 11.8 Å². The number of pyridine rings is 1. The summed E-state index contributed by atoms with van der Waals surface area (Å²) < 4.78 is 51.0. The minimum Gasteiger partial charge on any atom is -0.399 e. The number of hydrogen-bond acceptors (Lipinski definition) is 4. The van der Waals surface area contributed by atoms with E-state index in [1.54, 1.807) is 12.1 Å². The predicted octanol–water partition coefficient (Wildman–Crippen LogP) is 3.65. The van der Waals surface area contributed by atoms with Gasteiger partial charge in [-0.15, -0.1) is 0 Å². The van der Waals surface area contributed by atoms with Crippen LogP contribution in [0.5, 0.6) is 0 Å². The van der Waals surface area contributed by atoms with E-state index in [0.717, 1.165) is 12.1 Å². The summed E-state index contributed by atoms with van der Waals surface area (Å²) in [6.45, 7) is 7.72. The van der Waals surface area contributed by atoms with E-state index >= 15 is 0 Å². The zero-order valence-corrected chi connectivity index (χ0v) is 15.9. The maximum atomic E-state index is 13.0. The number of nitrogens with one attached hydrogen (secondary N) is 1. The standard InChI is InChI=1S/C19H20BF3N2O3/c1-17(2)18(3,4)28-20(27-17)13-9-7-12(8-10-13)16(26)25-15-14(19(21,22)23)6-5-11-24-15/h5-11H,1-4H3,(H,24,25,26). The van der Waals surface area contributed by atoms with Crippen LogP contribution in [0.25, 0.3) is 0 Å². The van der Waals surface area contributed by atoms with Crippen LogP contribution in [0.3, 0.4) is 0 Å². The van der Waals surface area contributed by atoms with E-state index < -0.39 is 41.8 Å². The summed E-state index contributed by atoms with van der Waals surface area (Å²) in [5.74, 6) is -1.22. The molecule has 0 radical (unpaired) electrons. The molecule has 1 aliphatic heterocycles. The zero-order chi connectivity index (χ0) is 20.7. The second-order valence-electron chi connectivity index (χ2n) is 7.56. The number of alkyl halides is 3. The van der Waals surface area contributed by atoms with E-state index in [1.807, 2.05) is 27.7 Å². The zero-order valence-electron chi connectivity index (χ0n) is 15.9. The first-order valence-corrected chi connectivity index (χ1v) is 8.70. The Bertz CT molecular complexity index is 867. The quantitative estimate of drug-likeness (QED) is 0.811. The van der Waals surface area contributed by atoms with Crippen LogP contribution in [0.2, 0.25) is 0 Å². The molecule has 1 fully saturated rings. The van der Waals surface area contributed by atoms with Crippen LogP contribution in [-0.2, 0) is 15.5 Å². The van der Waals surface area contributed by atoms with Gasteiger partial charge >= 0.3 is 13.3 Å². The Morgan fingerprint density at radius 1 is 1.04 bits per heavy atom. The van der Waals surface area contributed by atoms with Crippen molar-refractivity contribution in [3.63, 3.8) is 0 Å². The van der Waals surface area contributed by atoms with Gasteiger partial charge in [0.25, 0.3) is 5.91 Å². The van der Waals surface area contributed by atoms with E-state index in [4.69, 9.17) is 9.31 Å². The first-order chi connectivity index (χ1) is 12.9. The van der Waals surface area contributed by atoms with Crippen molar-refractivity contribution in [1.29, 1.82) is 0 Å². The highest BCUT2D eigenvalue weighted by Crippen LogP contribution is 2.36. The third kappa shape index (κ3) is 3.90. The molecule has 1 N–H and O–H groups in total. The summed E-state index contributed by atoms with van der Waals surface area (Å²) in [4.78, 5) is 16.0. The Balaban J connectivity index is 1.76. The lowest BCUT2D eigenvalue weighted by Crippen LogP contribution is -2.41. The second-order valence-corrected chi connectivity index (χ2v) is 7.56. The number of carbonyl (C=O) groups excluding carboxylic acids is 1. The third-order valence-electron chi connectivity index (χ3n) is 5.04. The predicted molar refractivity (Wildman–Crippen MR) is 99.4 cm³/mol. The minimum atomic E-state index is -4.61. The molecule has 1 saturated heterocycles. The van der Waals surface area contributed by atoms with Crippen molar-refractivity contribution >= 4 is 24.3 Å². The molecular weight excluding hydrogens is 372 g/mol. The molecule has 148 valence electrons. The van der Waals surface area contributed by atoms with Crippen molar-refractivity contribution in [3.05, 3.63) is 53.7 Å². The molecule has 1 aliphatic rings. The average Bonchev–Trinajstić information content (AvgIpc) is 2.82. The fraction of sp³-hybridized carbons (Fsp3) is 0.368. The number of halogens is 3. The van der Waals surface area contributed by atoms with Crippen LogP contribution in [0.4, 0.5) is 19.0 Å². The van der Waals surface area contributed by atoms with Crippen molar-refractivity contribution in [3.8, 4) is 0 Å². The van der Waals surface area contributed by atoms with Crippen molar-refractivity contribution in [2.45, 2.75) is 45.1 Å². The second kappa shape index (κ2) is 6.90.